The Balaban J connectivity index is 2.14. The van der Waals surface area contributed by atoms with E-state index in [-0.39, 0.29) is 21.3 Å². The highest BCUT2D eigenvalue weighted by Crippen LogP contribution is 2.50. The number of hydrogen-bond donors (Lipinski definition) is 0. The summed E-state index contributed by atoms with van der Waals surface area (Å²) >= 11 is 0. The van der Waals surface area contributed by atoms with E-state index in [1.54, 1.807) is 0 Å². The molecule has 2 aromatic rings. The molecule has 1 nitrogen and oxygen atoms in total. The third-order valence-corrected chi connectivity index (χ3v) is 10.8. The fourth-order valence-corrected chi connectivity index (χ4v) is 7.73. The first kappa shape index (κ1) is 19.9. The SMILES string of the molecule is CCP(CC)c1ccc2c(c1)Oc1c(P(CC)CC)cccc1C2(C)C. The lowest BCUT2D eigenvalue weighted by Crippen LogP contribution is -2.28. The molecule has 0 fully saturated rings. The topological polar surface area (TPSA) is 9.23 Å². The lowest BCUT2D eigenvalue weighted by atomic mass is 9.76. The predicted molar refractivity (Wildman–Crippen MR) is 120 cm³/mol. The molecule has 0 saturated carbocycles. The predicted octanol–water partition coefficient (Wildman–Crippen LogP) is 6.41. The Hall–Kier alpha value is -0.900. The van der Waals surface area contributed by atoms with E-state index < -0.39 is 0 Å². The summed E-state index contributed by atoms with van der Waals surface area (Å²) in [6, 6.07) is 13.8. The first-order valence-corrected chi connectivity index (χ1v) is 13.4. The maximum Gasteiger partial charge on any atom is 0.139 e. The highest BCUT2D eigenvalue weighted by atomic mass is 31.1. The summed E-state index contributed by atoms with van der Waals surface area (Å²) in [5.41, 5.74) is 2.66. The number of para-hydroxylation sites is 1. The first-order valence-electron chi connectivity index (χ1n) is 9.93. The highest BCUT2D eigenvalue weighted by Gasteiger charge is 2.36. The quantitative estimate of drug-likeness (QED) is 0.521. The van der Waals surface area contributed by atoms with Crippen LogP contribution in [0.2, 0.25) is 0 Å². The Morgan fingerprint density at radius 3 is 2.08 bits per heavy atom. The minimum Gasteiger partial charge on any atom is -0.456 e. The summed E-state index contributed by atoms with van der Waals surface area (Å²) in [6.45, 7) is 13.9. The molecule has 1 aliphatic rings. The zero-order valence-electron chi connectivity index (χ0n) is 17.1. The average molecular weight is 386 g/mol. The van der Waals surface area contributed by atoms with Crippen molar-refractivity contribution in [2.24, 2.45) is 0 Å². The first-order chi connectivity index (χ1) is 12.5. The van der Waals surface area contributed by atoms with Gasteiger partial charge in [-0.25, -0.2) is 0 Å². The Labute approximate surface area is 162 Å². The average Bonchev–Trinajstić information content (AvgIpc) is 2.64. The second-order valence-corrected chi connectivity index (χ2v) is 13.1. The lowest BCUT2D eigenvalue weighted by molar-refractivity contribution is 0.422. The van der Waals surface area contributed by atoms with E-state index in [1.165, 1.54) is 46.4 Å². The fourth-order valence-electron chi connectivity index (χ4n) is 4.09. The molecule has 3 heteroatoms. The Bertz CT molecular complexity index is 774. The highest BCUT2D eigenvalue weighted by molar-refractivity contribution is 7.66. The van der Waals surface area contributed by atoms with Crippen molar-refractivity contribution in [3.8, 4) is 11.5 Å². The van der Waals surface area contributed by atoms with Crippen molar-refractivity contribution in [1.82, 2.24) is 0 Å². The van der Waals surface area contributed by atoms with Gasteiger partial charge in [0.25, 0.3) is 0 Å². The Kier molecular flexibility index (Phi) is 6.11. The molecule has 2 aromatic carbocycles. The number of ether oxygens (including phenoxy) is 1. The molecule has 1 heterocycles. The van der Waals surface area contributed by atoms with Crippen molar-refractivity contribution in [2.75, 3.05) is 24.6 Å². The largest absolute Gasteiger partial charge is 0.456 e. The molecule has 0 spiro atoms. The number of rotatable bonds is 6. The molecule has 0 saturated heterocycles. The van der Waals surface area contributed by atoms with Crippen LogP contribution in [0.4, 0.5) is 0 Å². The van der Waals surface area contributed by atoms with E-state index in [0.29, 0.717) is 0 Å². The number of benzene rings is 2. The molecule has 26 heavy (non-hydrogen) atoms. The van der Waals surface area contributed by atoms with Gasteiger partial charge >= 0.3 is 0 Å². The van der Waals surface area contributed by atoms with Crippen LogP contribution in [0.3, 0.4) is 0 Å². The van der Waals surface area contributed by atoms with Crippen molar-refractivity contribution in [3.05, 3.63) is 47.5 Å². The zero-order chi connectivity index (χ0) is 18.9. The molecule has 0 N–H and O–H groups in total. The molecule has 1 aliphatic heterocycles. The van der Waals surface area contributed by atoms with Crippen LogP contribution >= 0.6 is 15.8 Å². The van der Waals surface area contributed by atoms with Crippen molar-refractivity contribution in [1.29, 1.82) is 0 Å². The second kappa shape index (κ2) is 8.00. The smallest absolute Gasteiger partial charge is 0.139 e. The molecule has 3 rings (SSSR count). The minimum absolute atomic E-state index is 0.0128. The molecule has 140 valence electrons. The van der Waals surface area contributed by atoms with Gasteiger partial charge in [-0.05, 0) is 36.0 Å². The zero-order valence-corrected chi connectivity index (χ0v) is 18.9. The van der Waals surface area contributed by atoms with Gasteiger partial charge < -0.3 is 4.74 Å². The summed E-state index contributed by atoms with van der Waals surface area (Å²) in [4.78, 5) is 0. The van der Waals surface area contributed by atoms with Crippen molar-refractivity contribution < 1.29 is 4.74 Å². The van der Waals surface area contributed by atoms with Crippen molar-refractivity contribution in [2.45, 2.75) is 47.0 Å². The summed E-state index contributed by atoms with van der Waals surface area (Å²) in [5, 5.41) is 2.92. The van der Waals surface area contributed by atoms with Gasteiger partial charge in [-0.1, -0.05) is 87.7 Å². The third kappa shape index (κ3) is 3.34. The van der Waals surface area contributed by atoms with Gasteiger partial charge in [0.15, 0.2) is 0 Å². The maximum atomic E-state index is 6.64. The van der Waals surface area contributed by atoms with Crippen LogP contribution in [0.5, 0.6) is 11.5 Å². The molecule has 0 aliphatic carbocycles. The summed E-state index contributed by atoms with van der Waals surface area (Å²) < 4.78 is 6.64. The molecule has 0 radical (unpaired) electrons. The monoisotopic (exact) mass is 386 g/mol. The van der Waals surface area contributed by atoms with Gasteiger partial charge in [-0.3, -0.25) is 0 Å². The van der Waals surface area contributed by atoms with E-state index in [4.69, 9.17) is 4.74 Å². The van der Waals surface area contributed by atoms with Gasteiger partial charge in [0.1, 0.15) is 11.5 Å². The van der Waals surface area contributed by atoms with Crippen molar-refractivity contribution in [3.63, 3.8) is 0 Å². The van der Waals surface area contributed by atoms with E-state index in [0.717, 1.165) is 11.5 Å². The summed E-state index contributed by atoms with van der Waals surface area (Å²) in [7, 11) is -0.211. The molecule has 0 amide bonds. The molecule has 0 atom stereocenters. The molecule has 0 aromatic heterocycles. The summed E-state index contributed by atoms with van der Waals surface area (Å²) in [5.74, 6) is 2.23. The Morgan fingerprint density at radius 1 is 0.808 bits per heavy atom. The molecule has 0 bridgehead atoms. The van der Waals surface area contributed by atoms with Gasteiger partial charge in [0, 0.05) is 21.8 Å². The van der Waals surface area contributed by atoms with Gasteiger partial charge in [0.2, 0.25) is 0 Å². The van der Waals surface area contributed by atoms with Gasteiger partial charge in [0.05, 0.1) is 0 Å². The Morgan fingerprint density at radius 2 is 1.46 bits per heavy atom. The standard InChI is InChI=1S/C23H32OP2/c1-7-25(8-2)17-14-15-18-20(16-17)24-22-19(23(18,5)6)12-11-13-21(22)26(9-3)10-4/h11-16H,7-10H2,1-6H3. The normalized spacial score (nSPS) is 14.9. The van der Waals surface area contributed by atoms with Crippen LogP contribution < -0.4 is 15.3 Å². The van der Waals surface area contributed by atoms with Crippen LogP contribution in [0.1, 0.15) is 52.7 Å². The van der Waals surface area contributed by atoms with Crippen LogP contribution in [-0.2, 0) is 5.41 Å². The van der Waals surface area contributed by atoms with Crippen LogP contribution in [0.15, 0.2) is 36.4 Å². The number of fused-ring (bicyclic) bond motifs is 2. The second-order valence-electron chi connectivity index (χ2n) is 7.41. The fraction of sp³-hybridized carbons (Fsp3) is 0.478. The van der Waals surface area contributed by atoms with Gasteiger partial charge in [-0.2, -0.15) is 0 Å². The lowest BCUT2D eigenvalue weighted by Gasteiger charge is -2.37. The molecule has 0 unspecified atom stereocenters. The van der Waals surface area contributed by atoms with Crippen LogP contribution in [0.25, 0.3) is 0 Å². The van der Waals surface area contributed by atoms with Crippen LogP contribution in [-0.4, -0.2) is 24.6 Å². The number of hydrogen-bond acceptors (Lipinski definition) is 1. The van der Waals surface area contributed by atoms with E-state index in [1.807, 2.05) is 0 Å². The maximum absolute atomic E-state index is 6.64. The van der Waals surface area contributed by atoms with E-state index >= 15 is 0 Å². The van der Waals surface area contributed by atoms with E-state index in [9.17, 15) is 0 Å². The molecular weight excluding hydrogens is 354 g/mol. The van der Waals surface area contributed by atoms with Gasteiger partial charge in [-0.15, -0.1) is 0 Å². The van der Waals surface area contributed by atoms with E-state index in [2.05, 4.69) is 77.9 Å². The summed E-state index contributed by atoms with van der Waals surface area (Å²) in [6.07, 6.45) is 4.92. The van der Waals surface area contributed by atoms with Crippen molar-refractivity contribution >= 4 is 26.5 Å². The third-order valence-electron chi connectivity index (χ3n) is 5.75. The molecular formula is C23H32OP2. The minimum atomic E-state index is -0.144. The van der Waals surface area contributed by atoms with Crippen LogP contribution in [0, 0.1) is 0 Å².